The van der Waals surface area contributed by atoms with E-state index in [0.717, 1.165) is 21.6 Å². The van der Waals surface area contributed by atoms with Gasteiger partial charge in [0, 0.05) is 13.2 Å². The van der Waals surface area contributed by atoms with E-state index < -0.39 is 0 Å². The summed E-state index contributed by atoms with van der Waals surface area (Å²) < 4.78 is 2.01. The quantitative estimate of drug-likeness (QED) is 0.642. The number of hydrogen-bond acceptors (Lipinski definition) is 0. The number of hydrogen-bond donors (Lipinski definition) is 1. The average molecular weight is 182 g/mol. The average Bonchev–Trinajstić information content (AvgIpc) is 2.29. The number of aryl methyl sites for hydroxylation is 1. The Hall–Kier alpha value is -0.990. The number of rotatable bonds is 0. The fourth-order valence-corrected chi connectivity index (χ4v) is 1.82. The highest BCUT2D eigenvalue weighted by Gasteiger charge is 2.08. The summed E-state index contributed by atoms with van der Waals surface area (Å²) >= 11 is 6.02. The molecule has 62 valence electrons. The van der Waals surface area contributed by atoms with E-state index in [9.17, 15) is 0 Å². The maximum Gasteiger partial charge on any atom is 0.138 e. The molecule has 2 nitrogen and oxygen atoms in total. The monoisotopic (exact) mass is 181 g/mol. The Morgan fingerprint density at radius 2 is 2.17 bits per heavy atom. The maximum atomic E-state index is 6.02. The zero-order valence-electron chi connectivity index (χ0n) is 6.84. The van der Waals surface area contributed by atoms with E-state index >= 15 is 0 Å². The van der Waals surface area contributed by atoms with Gasteiger partial charge in [0.2, 0.25) is 0 Å². The van der Waals surface area contributed by atoms with Gasteiger partial charge in [-0.15, -0.1) is 0 Å². The third-order valence-corrected chi connectivity index (χ3v) is 2.34. The van der Waals surface area contributed by atoms with Crippen LogP contribution in [0.15, 0.2) is 24.4 Å². The third kappa shape index (κ3) is 0.924. The molecule has 0 bridgehead atoms. The van der Waals surface area contributed by atoms with E-state index in [1.54, 1.807) is 0 Å². The topological polar surface area (TPSA) is 32.6 Å². The zero-order valence-corrected chi connectivity index (χ0v) is 7.60. The molecule has 0 unspecified atom stereocenters. The van der Waals surface area contributed by atoms with Crippen LogP contribution in [0, 0.1) is 0 Å². The summed E-state index contributed by atoms with van der Waals surface area (Å²) in [4.78, 5) is 0. The Morgan fingerprint density at radius 1 is 1.42 bits per heavy atom. The van der Waals surface area contributed by atoms with Crippen molar-refractivity contribution < 1.29 is 5.73 Å². The van der Waals surface area contributed by atoms with Crippen LogP contribution < -0.4 is 5.73 Å². The number of halogens is 1. The van der Waals surface area contributed by atoms with E-state index in [2.05, 4.69) is 5.73 Å². The molecule has 0 saturated carbocycles. The molecule has 0 radical (unpaired) electrons. The van der Waals surface area contributed by atoms with Gasteiger partial charge >= 0.3 is 0 Å². The fourth-order valence-electron chi connectivity index (χ4n) is 1.46. The Balaban J connectivity index is 2.99. The van der Waals surface area contributed by atoms with Gasteiger partial charge in [-0.05, 0) is 12.1 Å². The van der Waals surface area contributed by atoms with Gasteiger partial charge in [-0.25, -0.2) is 0 Å². The van der Waals surface area contributed by atoms with Gasteiger partial charge in [0.15, 0.2) is 0 Å². The second kappa shape index (κ2) is 2.51. The number of aromatic nitrogens is 1. The van der Waals surface area contributed by atoms with E-state index in [-0.39, 0.29) is 0 Å². The van der Waals surface area contributed by atoms with Crippen molar-refractivity contribution in [3.05, 3.63) is 29.4 Å². The fraction of sp³-hybridized carbons (Fsp3) is 0.111. The van der Waals surface area contributed by atoms with E-state index in [1.165, 1.54) is 0 Å². The lowest BCUT2D eigenvalue weighted by Gasteiger charge is -1.94. The van der Waals surface area contributed by atoms with Gasteiger partial charge in [-0.3, -0.25) is 0 Å². The predicted molar refractivity (Wildman–Crippen MR) is 50.5 cm³/mol. The van der Waals surface area contributed by atoms with Gasteiger partial charge < -0.3 is 10.3 Å². The lowest BCUT2D eigenvalue weighted by Crippen LogP contribution is -2.40. The molecule has 1 aromatic carbocycles. The van der Waals surface area contributed by atoms with E-state index in [4.69, 9.17) is 11.6 Å². The molecule has 0 aliphatic carbocycles. The van der Waals surface area contributed by atoms with Crippen LogP contribution >= 0.6 is 11.6 Å². The summed E-state index contributed by atoms with van der Waals surface area (Å²) in [5.41, 5.74) is 6.04. The van der Waals surface area contributed by atoms with Crippen LogP contribution in [0.1, 0.15) is 0 Å². The predicted octanol–water partition coefficient (Wildman–Crippen LogP) is 1.71. The van der Waals surface area contributed by atoms with Crippen LogP contribution in [0.5, 0.6) is 0 Å². The number of nitrogens with zero attached hydrogens (tertiary/aromatic N) is 1. The largest absolute Gasteiger partial charge is 0.349 e. The van der Waals surface area contributed by atoms with Crippen LogP contribution in [-0.2, 0) is 7.05 Å². The number of benzene rings is 1. The molecular formula is C9H10ClN2+. The smallest absolute Gasteiger partial charge is 0.138 e. The highest BCUT2D eigenvalue weighted by atomic mass is 35.5. The first-order chi connectivity index (χ1) is 5.70. The van der Waals surface area contributed by atoms with Crippen molar-refractivity contribution in [1.29, 1.82) is 0 Å². The van der Waals surface area contributed by atoms with Gasteiger partial charge in [0.25, 0.3) is 0 Å². The van der Waals surface area contributed by atoms with Crippen molar-refractivity contribution in [1.82, 2.24) is 4.57 Å². The molecular weight excluding hydrogens is 172 g/mol. The first kappa shape index (κ1) is 7.65. The van der Waals surface area contributed by atoms with Crippen molar-refractivity contribution in [3.63, 3.8) is 0 Å². The Kier molecular flexibility index (Phi) is 1.60. The van der Waals surface area contributed by atoms with Gasteiger partial charge in [-0.1, -0.05) is 17.7 Å². The SMILES string of the molecule is Cn1cc(Cl)c2c([NH3+])cccc21. The van der Waals surface area contributed by atoms with Crippen LogP contribution in [-0.4, -0.2) is 4.57 Å². The molecule has 3 N–H and O–H groups in total. The van der Waals surface area contributed by atoms with Crippen molar-refractivity contribution in [2.75, 3.05) is 0 Å². The molecule has 1 aromatic heterocycles. The second-order valence-corrected chi connectivity index (χ2v) is 3.31. The molecule has 0 saturated heterocycles. The van der Waals surface area contributed by atoms with Crippen molar-refractivity contribution in [2.24, 2.45) is 7.05 Å². The van der Waals surface area contributed by atoms with E-state index in [1.807, 2.05) is 36.0 Å². The summed E-state index contributed by atoms with van der Waals surface area (Å²) in [5.74, 6) is 0. The molecule has 2 aromatic rings. The minimum absolute atomic E-state index is 0.776. The lowest BCUT2D eigenvalue weighted by molar-refractivity contribution is -0.252. The molecule has 2 rings (SSSR count). The maximum absolute atomic E-state index is 6.02. The summed E-state index contributed by atoms with van der Waals surface area (Å²) in [6, 6.07) is 5.99. The van der Waals surface area contributed by atoms with Crippen molar-refractivity contribution in [2.45, 2.75) is 0 Å². The summed E-state index contributed by atoms with van der Waals surface area (Å²) in [6.45, 7) is 0. The molecule has 0 spiro atoms. The summed E-state index contributed by atoms with van der Waals surface area (Å²) in [6.07, 6.45) is 1.90. The van der Waals surface area contributed by atoms with Gasteiger partial charge in [-0.2, -0.15) is 0 Å². The summed E-state index contributed by atoms with van der Waals surface area (Å²) in [5, 5.41) is 1.83. The van der Waals surface area contributed by atoms with Gasteiger partial charge in [0.1, 0.15) is 5.69 Å². The zero-order chi connectivity index (χ0) is 8.72. The lowest BCUT2D eigenvalue weighted by atomic mass is 10.2. The Morgan fingerprint density at radius 3 is 2.83 bits per heavy atom. The molecule has 0 fully saturated rings. The standard InChI is InChI=1S/C9H9ClN2/c1-12-5-6(10)9-7(11)3-2-4-8(9)12/h2-5H,11H2,1H3/p+1. The minimum atomic E-state index is 0.776. The van der Waals surface area contributed by atoms with Crippen LogP contribution in [0.25, 0.3) is 10.9 Å². The number of fused-ring (bicyclic) bond motifs is 1. The molecule has 1 heterocycles. The Bertz CT molecular complexity index is 431. The van der Waals surface area contributed by atoms with E-state index in [0.29, 0.717) is 0 Å². The van der Waals surface area contributed by atoms with Crippen molar-refractivity contribution >= 4 is 28.2 Å². The van der Waals surface area contributed by atoms with Crippen molar-refractivity contribution in [3.8, 4) is 0 Å². The van der Waals surface area contributed by atoms with Crippen LogP contribution in [0.4, 0.5) is 5.69 Å². The first-order valence-corrected chi connectivity index (χ1v) is 4.13. The minimum Gasteiger partial charge on any atom is -0.349 e. The second-order valence-electron chi connectivity index (χ2n) is 2.90. The molecule has 0 aliphatic heterocycles. The molecule has 0 aliphatic rings. The summed E-state index contributed by atoms with van der Waals surface area (Å²) in [7, 11) is 1.98. The van der Waals surface area contributed by atoms with Crippen LogP contribution in [0.3, 0.4) is 0 Å². The van der Waals surface area contributed by atoms with Crippen LogP contribution in [0.2, 0.25) is 5.02 Å². The Labute approximate surface area is 75.5 Å². The van der Waals surface area contributed by atoms with Gasteiger partial charge in [0.05, 0.1) is 15.9 Å². The molecule has 0 amide bonds. The number of quaternary nitrogens is 1. The highest BCUT2D eigenvalue weighted by molar-refractivity contribution is 6.36. The third-order valence-electron chi connectivity index (χ3n) is 2.05. The first-order valence-electron chi connectivity index (χ1n) is 3.75. The normalized spacial score (nSPS) is 10.9. The molecule has 3 heteroatoms. The molecule has 12 heavy (non-hydrogen) atoms. The molecule has 0 atom stereocenters. The highest BCUT2D eigenvalue weighted by Crippen LogP contribution is 2.28.